The van der Waals surface area contributed by atoms with Gasteiger partial charge in [-0.15, -0.1) is 0 Å². The van der Waals surface area contributed by atoms with Crippen molar-refractivity contribution >= 4 is 5.65 Å². The molecule has 0 N–H and O–H groups in total. The first-order valence-electron chi connectivity index (χ1n) is 9.59. The van der Waals surface area contributed by atoms with E-state index in [1.165, 1.54) is 17.3 Å². The number of nitrogens with zero attached hydrogens (tertiary/aromatic N) is 5. The van der Waals surface area contributed by atoms with E-state index in [0.29, 0.717) is 11.8 Å². The van der Waals surface area contributed by atoms with Crippen LogP contribution in [0.5, 0.6) is 0 Å². The zero-order valence-corrected chi connectivity index (χ0v) is 16.0. The Balaban J connectivity index is 1.56. The van der Waals surface area contributed by atoms with Gasteiger partial charge in [-0.25, -0.2) is 9.37 Å². The smallest absolute Gasteiger partial charge is 0.184 e. The third-order valence-corrected chi connectivity index (χ3v) is 5.79. The van der Waals surface area contributed by atoms with E-state index < -0.39 is 5.82 Å². The van der Waals surface area contributed by atoms with Crippen molar-refractivity contribution < 1.29 is 4.39 Å². The number of imidazole rings is 1. The van der Waals surface area contributed by atoms with Gasteiger partial charge in [-0.3, -0.25) is 4.68 Å². The summed E-state index contributed by atoms with van der Waals surface area (Å²) >= 11 is 0. The lowest BCUT2D eigenvalue weighted by atomic mass is 9.84. The highest BCUT2D eigenvalue weighted by atomic mass is 19.1. The van der Waals surface area contributed by atoms with Crippen LogP contribution in [0.2, 0.25) is 0 Å². The third-order valence-electron chi connectivity index (χ3n) is 5.79. The Hall–Kier alpha value is -2.68. The Morgan fingerprint density at radius 2 is 2.15 bits per heavy atom. The van der Waals surface area contributed by atoms with Gasteiger partial charge in [0.1, 0.15) is 6.07 Å². The van der Waals surface area contributed by atoms with Gasteiger partial charge in [0.05, 0.1) is 11.8 Å². The first-order valence-corrected chi connectivity index (χ1v) is 9.59. The lowest BCUT2D eigenvalue weighted by Crippen LogP contribution is -2.22. The topological polar surface area (TPSA) is 58.9 Å². The van der Waals surface area contributed by atoms with Crippen LogP contribution in [0.15, 0.2) is 24.7 Å². The van der Waals surface area contributed by atoms with Crippen LogP contribution >= 0.6 is 0 Å². The molecule has 0 saturated carbocycles. The van der Waals surface area contributed by atoms with Crippen LogP contribution in [0.1, 0.15) is 68.0 Å². The molecule has 2 atom stereocenters. The Morgan fingerprint density at radius 1 is 1.33 bits per heavy atom. The highest BCUT2D eigenvalue weighted by Crippen LogP contribution is 2.33. The van der Waals surface area contributed by atoms with Crippen molar-refractivity contribution in [3.8, 4) is 6.07 Å². The molecule has 3 aromatic rings. The molecule has 27 heavy (non-hydrogen) atoms. The number of aryl methyl sites for hydroxylation is 1. The zero-order valence-electron chi connectivity index (χ0n) is 16.0. The molecule has 6 heteroatoms. The Morgan fingerprint density at radius 3 is 2.89 bits per heavy atom. The van der Waals surface area contributed by atoms with Crippen molar-refractivity contribution in [1.82, 2.24) is 19.2 Å². The van der Waals surface area contributed by atoms with Crippen molar-refractivity contribution in [3.05, 3.63) is 53.0 Å². The molecule has 0 aliphatic carbocycles. The van der Waals surface area contributed by atoms with Gasteiger partial charge in [0.2, 0.25) is 0 Å². The van der Waals surface area contributed by atoms with Crippen LogP contribution in [0.4, 0.5) is 4.39 Å². The van der Waals surface area contributed by atoms with Crippen molar-refractivity contribution in [2.75, 3.05) is 0 Å². The zero-order chi connectivity index (χ0) is 19.1. The second-order valence-corrected chi connectivity index (χ2v) is 7.95. The van der Waals surface area contributed by atoms with E-state index in [9.17, 15) is 4.39 Å². The van der Waals surface area contributed by atoms with Gasteiger partial charge >= 0.3 is 0 Å². The summed E-state index contributed by atoms with van der Waals surface area (Å²) < 4.78 is 18.3. The second kappa shape index (κ2) is 6.80. The van der Waals surface area contributed by atoms with Gasteiger partial charge in [-0.1, -0.05) is 20.8 Å². The minimum Gasteiger partial charge on any atom is -0.301 e. The molecule has 0 bridgehead atoms. The molecule has 3 aromatic heterocycles. The van der Waals surface area contributed by atoms with Gasteiger partial charge in [-0.05, 0) is 48.6 Å². The van der Waals surface area contributed by atoms with E-state index in [2.05, 4.69) is 35.5 Å². The number of halogens is 1. The van der Waals surface area contributed by atoms with Crippen molar-refractivity contribution in [2.45, 2.75) is 58.4 Å². The molecule has 0 aromatic carbocycles. The summed E-state index contributed by atoms with van der Waals surface area (Å²) in [6.45, 7) is 7.57. The standard InChI is InChI=1S/C21H24FN5/c1-13(2)17-11-25-27-7-4-15(9-18(17)27)8-14(3)19-12-24-21-20(22)16(10-23)5-6-26(19)21/h5-6,11-15H,4,7-9H2,1-3H3. The lowest BCUT2D eigenvalue weighted by Gasteiger charge is -2.27. The molecule has 140 valence electrons. The summed E-state index contributed by atoms with van der Waals surface area (Å²) in [6.07, 6.45) is 8.70. The predicted molar refractivity (Wildman–Crippen MR) is 101 cm³/mol. The van der Waals surface area contributed by atoms with E-state index in [1.54, 1.807) is 16.8 Å². The van der Waals surface area contributed by atoms with Gasteiger partial charge in [0.15, 0.2) is 11.5 Å². The molecule has 0 amide bonds. The fourth-order valence-electron chi connectivity index (χ4n) is 4.31. The Bertz CT molecular complexity index is 1020. The molecule has 4 rings (SSSR count). The minimum absolute atomic E-state index is 0.0362. The fourth-order valence-corrected chi connectivity index (χ4v) is 4.31. The third kappa shape index (κ3) is 3.01. The van der Waals surface area contributed by atoms with E-state index in [4.69, 9.17) is 5.26 Å². The highest BCUT2D eigenvalue weighted by Gasteiger charge is 2.26. The maximum atomic E-state index is 14.3. The molecular weight excluding hydrogens is 341 g/mol. The summed E-state index contributed by atoms with van der Waals surface area (Å²) in [4.78, 5) is 4.23. The normalized spacial score (nSPS) is 17.9. The number of hydrogen-bond acceptors (Lipinski definition) is 3. The monoisotopic (exact) mass is 365 g/mol. The molecule has 2 unspecified atom stereocenters. The van der Waals surface area contributed by atoms with Crippen molar-refractivity contribution in [3.63, 3.8) is 0 Å². The summed E-state index contributed by atoms with van der Waals surface area (Å²) in [5.74, 6) is 0.785. The molecular formula is C21H24FN5. The molecule has 1 aliphatic rings. The highest BCUT2D eigenvalue weighted by molar-refractivity contribution is 5.49. The van der Waals surface area contributed by atoms with Crippen LogP contribution in [0.25, 0.3) is 5.65 Å². The van der Waals surface area contributed by atoms with Gasteiger partial charge in [0.25, 0.3) is 0 Å². The summed E-state index contributed by atoms with van der Waals surface area (Å²) in [5, 5.41) is 13.5. The van der Waals surface area contributed by atoms with Crippen LogP contribution in [-0.2, 0) is 13.0 Å². The number of pyridine rings is 1. The Kier molecular flexibility index (Phi) is 4.47. The summed E-state index contributed by atoms with van der Waals surface area (Å²) in [6, 6.07) is 3.40. The predicted octanol–water partition coefficient (Wildman–Crippen LogP) is 4.42. The van der Waals surface area contributed by atoms with E-state index in [1.807, 2.05) is 12.3 Å². The second-order valence-electron chi connectivity index (χ2n) is 7.95. The number of nitriles is 1. The largest absolute Gasteiger partial charge is 0.301 e. The van der Waals surface area contributed by atoms with Crippen LogP contribution < -0.4 is 0 Å². The van der Waals surface area contributed by atoms with Gasteiger partial charge < -0.3 is 4.40 Å². The maximum absolute atomic E-state index is 14.3. The van der Waals surface area contributed by atoms with Crippen LogP contribution in [0, 0.1) is 23.1 Å². The molecule has 4 heterocycles. The SMILES string of the molecule is CC(C)c1cnn2c1CC(CC(C)c1cnc3c(F)c(C#N)ccn13)CC2. The fraction of sp³-hybridized carbons (Fsp3) is 0.476. The van der Waals surface area contributed by atoms with Crippen molar-refractivity contribution in [1.29, 1.82) is 5.26 Å². The number of aromatic nitrogens is 4. The summed E-state index contributed by atoms with van der Waals surface area (Å²) in [5.41, 5.74) is 4.00. The van der Waals surface area contributed by atoms with E-state index >= 15 is 0 Å². The number of rotatable bonds is 4. The molecule has 0 saturated heterocycles. The quantitative estimate of drug-likeness (QED) is 0.687. The molecule has 0 spiro atoms. The number of fused-ring (bicyclic) bond motifs is 2. The van der Waals surface area contributed by atoms with Crippen LogP contribution in [-0.4, -0.2) is 19.2 Å². The van der Waals surface area contributed by atoms with E-state index in [-0.39, 0.29) is 17.1 Å². The average Bonchev–Trinajstić information content (AvgIpc) is 3.26. The maximum Gasteiger partial charge on any atom is 0.184 e. The molecule has 0 radical (unpaired) electrons. The molecule has 1 aliphatic heterocycles. The van der Waals surface area contributed by atoms with Crippen molar-refractivity contribution in [2.24, 2.45) is 5.92 Å². The first-order chi connectivity index (χ1) is 13.0. The lowest BCUT2D eigenvalue weighted by molar-refractivity contribution is 0.330. The minimum atomic E-state index is -0.540. The van der Waals surface area contributed by atoms with Crippen LogP contribution in [0.3, 0.4) is 0 Å². The molecule has 0 fully saturated rings. The Labute approximate surface area is 158 Å². The summed E-state index contributed by atoms with van der Waals surface area (Å²) in [7, 11) is 0. The average molecular weight is 365 g/mol. The number of hydrogen-bond donors (Lipinski definition) is 0. The van der Waals surface area contributed by atoms with Gasteiger partial charge in [0, 0.05) is 30.3 Å². The van der Waals surface area contributed by atoms with E-state index in [0.717, 1.165) is 31.5 Å². The first kappa shape index (κ1) is 17.7. The molecule has 5 nitrogen and oxygen atoms in total. The van der Waals surface area contributed by atoms with Gasteiger partial charge in [-0.2, -0.15) is 10.4 Å².